The summed E-state index contributed by atoms with van der Waals surface area (Å²) in [5, 5.41) is 17.9. The molecule has 0 spiro atoms. The van der Waals surface area contributed by atoms with Gasteiger partial charge in [0.25, 0.3) is 0 Å². The fourth-order valence-electron chi connectivity index (χ4n) is 5.68. The number of rotatable bonds is 17. The summed E-state index contributed by atoms with van der Waals surface area (Å²) in [6, 6.07) is 26.8. The molecule has 0 bridgehead atoms. The number of ether oxygens (including phenoxy) is 1. The summed E-state index contributed by atoms with van der Waals surface area (Å²) in [5.41, 5.74) is 4.67. The number of carboxylic acids is 1. The summed E-state index contributed by atoms with van der Waals surface area (Å²) in [5.74, 6) is 0.176. The summed E-state index contributed by atoms with van der Waals surface area (Å²) in [4.78, 5) is 41.7. The number of amides is 1. The number of anilines is 1. The minimum Gasteiger partial charge on any atom is -0.494 e. The van der Waals surface area contributed by atoms with Crippen molar-refractivity contribution in [2.75, 3.05) is 25.5 Å². The first-order valence-electron chi connectivity index (χ1n) is 16.2. The standard InChI is InChI=1S/C37H41N5O5/c1-38-31(24-34(43)44)36(45)39-19-10-2-3-11-20-47-29-18-12-15-27(21-29)23-32-37(46)42-25-33(28-16-8-5-9-17-28)40-30(35(42)41-32)22-26-13-6-4-7-14-26/h4-9,12-18,21,25,31-32,38H,2-3,10-11,19-20,22-24H2,1H3,(H2,39,43,44,45)/p+1/t31-,32?/m0/s1. The predicted molar refractivity (Wildman–Crippen MR) is 179 cm³/mol. The van der Waals surface area contributed by atoms with E-state index in [1.807, 2.05) is 79.0 Å². The average molecular weight is 637 g/mol. The number of carbonyl (C=O) groups excluding carboxylic acids is 2. The minimum absolute atomic E-state index is 0.0141. The van der Waals surface area contributed by atoms with Gasteiger partial charge in [-0.15, -0.1) is 0 Å². The summed E-state index contributed by atoms with van der Waals surface area (Å²) in [6.45, 7) is 1.07. The first-order valence-corrected chi connectivity index (χ1v) is 16.2. The lowest BCUT2D eigenvalue weighted by Gasteiger charge is -2.13. The molecule has 4 aromatic rings. The van der Waals surface area contributed by atoms with Crippen LogP contribution >= 0.6 is 0 Å². The number of hydrogen-bond donors (Lipinski definition) is 4. The number of likely N-dealkylation sites (N-methyl/N-ethyl adjacent to an activating group) is 1. The molecule has 0 saturated heterocycles. The van der Waals surface area contributed by atoms with Crippen molar-refractivity contribution in [3.8, 4) is 17.0 Å². The quantitative estimate of drug-likeness (QED) is 0.0989. The molecule has 0 fully saturated rings. The smallest absolute Gasteiger partial charge is 0.359 e. The van der Waals surface area contributed by atoms with Crippen molar-refractivity contribution in [1.29, 1.82) is 0 Å². The van der Waals surface area contributed by atoms with E-state index in [0.717, 1.165) is 65.3 Å². The third-order valence-electron chi connectivity index (χ3n) is 8.17. The van der Waals surface area contributed by atoms with Crippen LogP contribution in [0.1, 0.15) is 53.7 Å². The average Bonchev–Trinajstić information content (AvgIpc) is 3.40. The van der Waals surface area contributed by atoms with Crippen LogP contribution in [0.15, 0.2) is 91.1 Å². The van der Waals surface area contributed by atoms with E-state index in [1.165, 1.54) is 0 Å². The molecule has 0 radical (unpaired) electrons. The van der Waals surface area contributed by atoms with Crippen molar-refractivity contribution >= 4 is 23.6 Å². The zero-order valence-corrected chi connectivity index (χ0v) is 26.7. The van der Waals surface area contributed by atoms with Gasteiger partial charge in [-0.2, -0.15) is 4.57 Å². The maximum Gasteiger partial charge on any atom is 0.359 e. The van der Waals surface area contributed by atoms with Gasteiger partial charge in [0.15, 0.2) is 6.04 Å². The van der Waals surface area contributed by atoms with E-state index < -0.39 is 18.1 Å². The Balaban J connectivity index is 1.13. The van der Waals surface area contributed by atoms with Crippen molar-refractivity contribution in [3.63, 3.8) is 0 Å². The Hall–Kier alpha value is -5.09. The van der Waals surface area contributed by atoms with Gasteiger partial charge in [-0.1, -0.05) is 85.6 Å². The van der Waals surface area contributed by atoms with E-state index in [2.05, 4.69) is 28.1 Å². The van der Waals surface area contributed by atoms with Crippen LogP contribution in [0, 0.1) is 0 Å². The van der Waals surface area contributed by atoms with E-state index in [-0.39, 0.29) is 18.2 Å². The Morgan fingerprint density at radius 3 is 2.43 bits per heavy atom. The third-order valence-corrected chi connectivity index (χ3v) is 8.17. The second kappa shape index (κ2) is 16.5. The number of aromatic nitrogens is 2. The number of nitrogens with zero attached hydrogens (tertiary/aromatic N) is 2. The van der Waals surface area contributed by atoms with Crippen LogP contribution in [0.2, 0.25) is 0 Å². The molecule has 10 heteroatoms. The lowest BCUT2D eigenvalue weighted by Crippen LogP contribution is -2.44. The number of nitrogens with one attached hydrogen (secondary N) is 3. The Kier molecular flexibility index (Phi) is 11.7. The van der Waals surface area contributed by atoms with Crippen LogP contribution in [-0.2, 0) is 22.4 Å². The van der Waals surface area contributed by atoms with Crippen LogP contribution in [0.4, 0.5) is 5.82 Å². The Morgan fingerprint density at radius 1 is 0.957 bits per heavy atom. The number of benzene rings is 3. The molecule has 3 aromatic carbocycles. The molecule has 0 aliphatic carbocycles. The summed E-state index contributed by atoms with van der Waals surface area (Å²) in [7, 11) is 1.58. The van der Waals surface area contributed by atoms with E-state index >= 15 is 0 Å². The molecule has 1 aliphatic rings. The molecule has 4 N–H and O–H groups in total. The molecule has 2 atom stereocenters. The second-order valence-electron chi connectivity index (χ2n) is 11.7. The summed E-state index contributed by atoms with van der Waals surface area (Å²) in [6.07, 6.45) is 6.24. The zero-order chi connectivity index (χ0) is 33.0. The molecule has 1 unspecified atom stereocenters. The molecule has 1 aliphatic heterocycles. The Labute approximate surface area is 275 Å². The van der Waals surface area contributed by atoms with Gasteiger partial charge in [-0.3, -0.25) is 14.9 Å². The van der Waals surface area contributed by atoms with Crippen LogP contribution in [-0.4, -0.2) is 60.2 Å². The number of carbonyl (C=O) groups is 3. The molecule has 10 nitrogen and oxygen atoms in total. The monoisotopic (exact) mass is 636 g/mol. The molecule has 2 heterocycles. The highest BCUT2D eigenvalue weighted by Crippen LogP contribution is 2.25. The van der Waals surface area contributed by atoms with Crippen molar-refractivity contribution in [2.24, 2.45) is 0 Å². The van der Waals surface area contributed by atoms with Crippen LogP contribution in [0.3, 0.4) is 0 Å². The first-order chi connectivity index (χ1) is 22.9. The van der Waals surface area contributed by atoms with Gasteiger partial charge in [-0.25, -0.2) is 9.78 Å². The van der Waals surface area contributed by atoms with Gasteiger partial charge < -0.3 is 20.5 Å². The largest absolute Gasteiger partial charge is 0.494 e. The molecule has 1 aromatic heterocycles. The molecule has 5 rings (SSSR count). The zero-order valence-electron chi connectivity index (χ0n) is 26.7. The summed E-state index contributed by atoms with van der Waals surface area (Å²) < 4.78 is 7.74. The highest BCUT2D eigenvalue weighted by molar-refractivity contribution is 5.86. The highest BCUT2D eigenvalue weighted by Gasteiger charge is 2.41. The van der Waals surface area contributed by atoms with E-state index in [9.17, 15) is 14.4 Å². The van der Waals surface area contributed by atoms with E-state index in [4.69, 9.17) is 14.8 Å². The second-order valence-corrected chi connectivity index (χ2v) is 11.7. The summed E-state index contributed by atoms with van der Waals surface area (Å²) >= 11 is 0. The first kappa shape index (κ1) is 33.3. The number of unbranched alkanes of at least 4 members (excludes halogenated alkanes) is 3. The molecule has 1 amide bonds. The molecular formula is C37H42N5O5+. The van der Waals surface area contributed by atoms with Crippen molar-refractivity contribution in [2.45, 2.75) is 57.0 Å². The van der Waals surface area contributed by atoms with Gasteiger partial charge >= 0.3 is 17.7 Å². The van der Waals surface area contributed by atoms with Crippen molar-refractivity contribution in [3.05, 3.63) is 108 Å². The van der Waals surface area contributed by atoms with Gasteiger partial charge in [-0.05, 0) is 43.1 Å². The van der Waals surface area contributed by atoms with Gasteiger partial charge in [0, 0.05) is 24.9 Å². The predicted octanol–water partition coefficient (Wildman–Crippen LogP) is 4.42. The normalized spacial score (nSPS) is 14.2. The number of hydrogen-bond acceptors (Lipinski definition) is 7. The lowest BCUT2D eigenvalue weighted by molar-refractivity contribution is -0.552. The molecule has 0 saturated carbocycles. The third kappa shape index (κ3) is 9.23. The highest BCUT2D eigenvalue weighted by atomic mass is 16.5. The van der Waals surface area contributed by atoms with Gasteiger partial charge in [0.05, 0.1) is 19.1 Å². The fraction of sp³-hybridized carbons (Fsp3) is 0.324. The van der Waals surface area contributed by atoms with Gasteiger partial charge in [0.1, 0.15) is 23.3 Å². The van der Waals surface area contributed by atoms with Crippen LogP contribution < -0.4 is 25.3 Å². The number of fused-ring (bicyclic) bond motifs is 1. The van der Waals surface area contributed by atoms with E-state index in [1.54, 1.807) is 11.6 Å². The van der Waals surface area contributed by atoms with Crippen LogP contribution in [0.25, 0.3) is 11.3 Å². The molecule has 47 heavy (non-hydrogen) atoms. The maximum atomic E-state index is 13.7. The van der Waals surface area contributed by atoms with Crippen molar-refractivity contribution in [1.82, 2.24) is 15.6 Å². The fourth-order valence-corrected chi connectivity index (χ4v) is 5.68. The van der Waals surface area contributed by atoms with Crippen molar-refractivity contribution < 1.29 is 28.8 Å². The molecular weight excluding hydrogens is 594 g/mol. The topological polar surface area (TPSA) is 134 Å². The maximum absolute atomic E-state index is 13.7. The number of carboxylic acid groups (broad SMARTS) is 1. The van der Waals surface area contributed by atoms with Gasteiger partial charge in [0.2, 0.25) is 5.91 Å². The van der Waals surface area contributed by atoms with E-state index in [0.29, 0.717) is 26.0 Å². The minimum atomic E-state index is -1.01. The molecule has 244 valence electrons. The SMILES string of the molecule is CN[C@@H](CC(=O)O)C(=O)NCCCCCCOc1cccc(CC2Nc3c(Cc4ccccc4)nc(-c4ccccc4)c[n+]3C2=O)c1. The van der Waals surface area contributed by atoms with Crippen LogP contribution in [0.5, 0.6) is 5.75 Å². The Bertz CT molecular complexity index is 1660. The number of aliphatic carboxylic acids is 1. The Morgan fingerprint density at radius 2 is 1.68 bits per heavy atom. The lowest BCUT2D eigenvalue weighted by atomic mass is 10.1.